The van der Waals surface area contributed by atoms with Crippen molar-refractivity contribution >= 4 is 10.1 Å². The molecule has 1 aliphatic heterocycles. The average Bonchev–Trinajstić information content (AvgIpc) is 3.13. The highest BCUT2D eigenvalue weighted by Crippen LogP contribution is 2.22. The van der Waals surface area contributed by atoms with Crippen LogP contribution < -0.4 is 10.3 Å². The van der Waals surface area contributed by atoms with Gasteiger partial charge in [0.1, 0.15) is 0 Å². The molecule has 0 aliphatic carbocycles. The molecule has 0 radical (unpaired) electrons. The summed E-state index contributed by atoms with van der Waals surface area (Å²) in [5.74, 6) is 1.50. The van der Waals surface area contributed by atoms with Gasteiger partial charge in [-0.1, -0.05) is 48.5 Å². The van der Waals surface area contributed by atoms with Crippen LogP contribution in [0.2, 0.25) is 0 Å². The second-order valence-electron chi connectivity index (χ2n) is 11.5. The molecule has 11 nitrogen and oxygen atoms in total. The highest BCUT2D eigenvalue weighted by atomic mass is 32.2. The average molecular weight is 663 g/mol. The second kappa shape index (κ2) is 15.1. The van der Waals surface area contributed by atoms with E-state index in [1.54, 1.807) is 54.9 Å². The molecule has 3 aromatic carbocycles. The molecule has 3 heterocycles. The van der Waals surface area contributed by atoms with Crippen molar-refractivity contribution in [3.8, 4) is 34.5 Å². The molecule has 0 amide bonds. The predicted octanol–water partition coefficient (Wildman–Crippen LogP) is 4.78. The molecule has 0 bridgehead atoms. The SMILES string of the molecule is N#Cc1cccc(-c2ccc(=O)n(Cc3cccc(-c4ncc(OCC5CCN(CCOS(=O)(=O)c6ccccc6)CC5)cn4)c3)n2)c1. The Morgan fingerprint density at radius 3 is 2.40 bits per heavy atom. The summed E-state index contributed by atoms with van der Waals surface area (Å²) in [5.41, 5.74) is 3.33. The molecule has 1 fully saturated rings. The summed E-state index contributed by atoms with van der Waals surface area (Å²) in [6, 6.07) is 28.2. The lowest BCUT2D eigenvalue weighted by Crippen LogP contribution is -2.37. The van der Waals surface area contributed by atoms with Crippen molar-refractivity contribution in [2.45, 2.75) is 24.3 Å². The van der Waals surface area contributed by atoms with Crippen LogP contribution in [0.15, 0.2) is 113 Å². The first kappa shape index (κ1) is 32.7. The van der Waals surface area contributed by atoms with Crippen molar-refractivity contribution in [3.05, 3.63) is 125 Å². The zero-order valence-electron chi connectivity index (χ0n) is 26.2. The lowest BCUT2D eigenvalue weighted by Gasteiger charge is -2.31. The monoisotopic (exact) mass is 662 g/mol. The fraction of sp³-hybridized carbons (Fsp3) is 0.250. The molecule has 1 aliphatic rings. The van der Waals surface area contributed by atoms with E-state index in [1.807, 2.05) is 30.3 Å². The van der Waals surface area contributed by atoms with Crippen molar-refractivity contribution < 1.29 is 17.3 Å². The number of aromatic nitrogens is 4. The molecule has 48 heavy (non-hydrogen) atoms. The van der Waals surface area contributed by atoms with Crippen LogP contribution in [0.25, 0.3) is 22.6 Å². The maximum Gasteiger partial charge on any atom is 0.297 e. The normalized spacial score (nSPS) is 14.0. The highest BCUT2D eigenvalue weighted by Gasteiger charge is 2.21. The van der Waals surface area contributed by atoms with Crippen molar-refractivity contribution in [3.63, 3.8) is 0 Å². The van der Waals surface area contributed by atoms with E-state index in [4.69, 9.17) is 8.92 Å². The van der Waals surface area contributed by atoms with Crippen LogP contribution in [0, 0.1) is 17.2 Å². The fourth-order valence-electron chi connectivity index (χ4n) is 5.51. The highest BCUT2D eigenvalue weighted by molar-refractivity contribution is 7.86. The van der Waals surface area contributed by atoms with Gasteiger partial charge in [0.05, 0.1) is 54.4 Å². The Hall–Kier alpha value is -5.22. The number of nitriles is 1. The van der Waals surface area contributed by atoms with Gasteiger partial charge in [-0.25, -0.2) is 14.6 Å². The molecular formula is C36H34N6O5S. The van der Waals surface area contributed by atoms with E-state index in [1.165, 1.54) is 22.9 Å². The third-order valence-electron chi connectivity index (χ3n) is 8.17. The van der Waals surface area contributed by atoms with Crippen molar-refractivity contribution in [1.29, 1.82) is 5.26 Å². The molecule has 0 saturated carbocycles. The van der Waals surface area contributed by atoms with E-state index >= 15 is 0 Å². The van der Waals surface area contributed by atoms with E-state index in [0.717, 1.165) is 42.6 Å². The molecule has 244 valence electrons. The number of piperidine rings is 1. The molecule has 0 unspecified atom stereocenters. The molecule has 0 spiro atoms. The van der Waals surface area contributed by atoms with Gasteiger partial charge in [-0.3, -0.25) is 8.98 Å². The Bertz CT molecular complexity index is 2060. The summed E-state index contributed by atoms with van der Waals surface area (Å²) in [5, 5.41) is 13.8. The third kappa shape index (κ3) is 8.38. The Kier molecular flexibility index (Phi) is 10.3. The molecule has 12 heteroatoms. The largest absolute Gasteiger partial charge is 0.490 e. The Morgan fingerprint density at radius 2 is 1.62 bits per heavy atom. The van der Waals surface area contributed by atoms with Gasteiger partial charge in [0.25, 0.3) is 15.7 Å². The Balaban J connectivity index is 0.985. The predicted molar refractivity (Wildman–Crippen MR) is 179 cm³/mol. The second-order valence-corrected chi connectivity index (χ2v) is 13.2. The molecule has 0 atom stereocenters. The summed E-state index contributed by atoms with van der Waals surface area (Å²) in [6.07, 6.45) is 5.20. The van der Waals surface area contributed by atoms with Gasteiger partial charge in [-0.15, -0.1) is 0 Å². The van der Waals surface area contributed by atoms with Gasteiger partial charge >= 0.3 is 0 Å². The van der Waals surface area contributed by atoms with Crippen LogP contribution in [0.5, 0.6) is 5.75 Å². The molecule has 6 rings (SSSR count). The van der Waals surface area contributed by atoms with Crippen molar-refractivity contribution in [2.24, 2.45) is 5.92 Å². The van der Waals surface area contributed by atoms with Crippen LogP contribution in [-0.2, 0) is 20.8 Å². The number of hydrogen-bond acceptors (Lipinski definition) is 10. The van der Waals surface area contributed by atoms with Gasteiger partial charge in [-0.2, -0.15) is 18.8 Å². The van der Waals surface area contributed by atoms with Crippen LogP contribution in [0.1, 0.15) is 24.0 Å². The zero-order valence-corrected chi connectivity index (χ0v) is 27.0. The minimum atomic E-state index is -3.74. The third-order valence-corrected chi connectivity index (χ3v) is 9.50. The van der Waals surface area contributed by atoms with E-state index in [9.17, 15) is 18.5 Å². The number of benzene rings is 3. The van der Waals surface area contributed by atoms with Gasteiger partial charge in [0.2, 0.25) is 0 Å². The van der Waals surface area contributed by atoms with Crippen LogP contribution >= 0.6 is 0 Å². The molecule has 5 aromatic rings. The summed E-state index contributed by atoms with van der Waals surface area (Å²) in [4.78, 5) is 24.0. The summed E-state index contributed by atoms with van der Waals surface area (Å²) >= 11 is 0. The number of likely N-dealkylation sites (tertiary alicyclic amines) is 1. The molecular weight excluding hydrogens is 628 g/mol. The first-order valence-corrected chi connectivity index (χ1v) is 17.1. The number of rotatable bonds is 12. The van der Waals surface area contributed by atoms with Gasteiger partial charge in [0, 0.05) is 23.7 Å². The first-order chi connectivity index (χ1) is 23.4. The minimum absolute atomic E-state index is 0.118. The molecule has 1 saturated heterocycles. The van der Waals surface area contributed by atoms with Gasteiger partial charge in [0.15, 0.2) is 11.6 Å². The maximum absolute atomic E-state index is 12.6. The summed E-state index contributed by atoms with van der Waals surface area (Å²) in [6.45, 7) is 3.16. The standard InChI is InChI=1S/C36H34N6O5S/c37-22-28-6-4-8-30(20-28)34-12-13-35(43)42(40-34)25-29-7-5-9-31(21-29)36-38-23-32(24-39-36)46-26-27-14-16-41(17-15-27)18-19-47-48(44,45)33-10-2-1-3-11-33/h1-13,20-21,23-24,27H,14-19,25-26H2. The van der Waals surface area contributed by atoms with Gasteiger partial charge in [-0.05, 0) is 73.8 Å². The lowest BCUT2D eigenvalue weighted by atomic mass is 9.98. The number of hydrogen-bond donors (Lipinski definition) is 0. The maximum atomic E-state index is 12.6. The smallest absolute Gasteiger partial charge is 0.297 e. The van der Waals surface area contributed by atoms with Crippen molar-refractivity contribution in [1.82, 2.24) is 24.6 Å². The van der Waals surface area contributed by atoms with E-state index in [0.29, 0.717) is 41.9 Å². The summed E-state index contributed by atoms with van der Waals surface area (Å²) < 4.78 is 37.3. The Labute approximate surface area is 279 Å². The Morgan fingerprint density at radius 1 is 0.875 bits per heavy atom. The van der Waals surface area contributed by atoms with Crippen LogP contribution in [0.3, 0.4) is 0 Å². The quantitative estimate of drug-likeness (QED) is 0.171. The number of ether oxygens (including phenoxy) is 1. The van der Waals surface area contributed by atoms with Crippen molar-refractivity contribution in [2.75, 3.05) is 32.8 Å². The van der Waals surface area contributed by atoms with Gasteiger partial charge < -0.3 is 9.64 Å². The fourth-order valence-corrected chi connectivity index (χ4v) is 6.43. The van der Waals surface area contributed by atoms with E-state index < -0.39 is 10.1 Å². The van der Waals surface area contributed by atoms with E-state index in [2.05, 4.69) is 26.0 Å². The first-order valence-electron chi connectivity index (χ1n) is 15.7. The number of nitrogens with zero attached hydrogens (tertiary/aromatic N) is 6. The van der Waals surface area contributed by atoms with E-state index in [-0.39, 0.29) is 23.6 Å². The summed E-state index contributed by atoms with van der Waals surface area (Å²) in [7, 11) is -3.74. The molecule has 0 N–H and O–H groups in total. The van der Waals surface area contributed by atoms with Crippen LogP contribution in [-0.4, -0.2) is 65.9 Å². The lowest BCUT2D eigenvalue weighted by molar-refractivity contribution is 0.127. The zero-order chi connectivity index (χ0) is 33.3. The topological polar surface area (TPSA) is 140 Å². The minimum Gasteiger partial charge on any atom is -0.490 e. The molecule has 2 aromatic heterocycles. The van der Waals surface area contributed by atoms with Crippen LogP contribution in [0.4, 0.5) is 0 Å².